The van der Waals surface area contributed by atoms with E-state index in [-0.39, 0.29) is 5.82 Å². The molecule has 1 N–H and O–H groups in total. The zero-order valence-corrected chi connectivity index (χ0v) is 13.5. The van der Waals surface area contributed by atoms with Gasteiger partial charge in [0.1, 0.15) is 5.82 Å². The highest BCUT2D eigenvalue weighted by Gasteiger charge is 2.06. The molecule has 1 heterocycles. The van der Waals surface area contributed by atoms with Gasteiger partial charge in [-0.3, -0.25) is 0 Å². The number of halogens is 2. The highest BCUT2D eigenvalue weighted by Crippen LogP contribution is 2.32. The fourth-order valence-electron chi connectivity index (χ4n) is 2.14. The SMILES string of the molecule is Fc1ccc(CNc2ccccc2-c2cccs2)c(Br)c1. The molecule has 106 valence electrons. The first-order valence-electron chi connectivity index (χ1n) is 6.55. The molecule has 0 radical (unpaired) electrons. The van der Waals surface area contributed by atoms with Crippen molar-refractivity contribution in [1.82, 2.24) is 0 Å². The van der Waals surface area contributed by atoms with Gasteiger partial charge in [-0.25, -0.2) is 4.39 Å². The molecule has 0 saturated carbocycles. The molecule has 0 bridgehead atoms. The predicted molar refractivity (Wildman–Crippen MR) is 91.2 cm³/mol. The first kappa shape index (κ1) is 14.3. The van der Waals surface area contributed by atoms with E-state index in [0.717, 1.165) is 15.7 Å². The van der Waals surface area contributed by atoms with Crippen molar-refractivity contribution in [3.05, 3.63) is 75.8 Å². The highest BCUT2D eigenvalue weighted by molar-refractivity contribution is 9.10. The number of nitrogens with one attached hydrogen (secondary N) is 1. The Labute approximate surface area is 135 Å². The molecule has 0 unspecified atom stereocenters. The van der Waals surface area contributed by atoms with Crippen LogP contribution in [0.2, 0.25) is 0 Å². The molecule has 0 fully saturated rings. The summed E-state index contributed by atoms with van der Waals surface area (Å²) in [5, 5.41) is 5.50. The maximum Gasteiger partial charge on any atom is 0.124 e. The number of benzene rings is 2. The molecule has 0 aliphatic carbocycles. The second kappa shape index (κ2) is 6.41. The minimum atomic E-state index is -0.232. The van der Waals surface area contributed by atoms with E-state index < -0.39 is 0 Å². The lowest BCUT2D eigenvalue weighted by molar-refractivity contribution is 0.626. The Kier molecular flexibility index (Phi) is 4.36. The summed E-state index contributed by atoms with van der Waals surface area (Å²) in [6, 6.07) is 17.1. The molecule has 0 atom stereocenters. The molecular formula is C17H13BrFNS. The molecule has 0 aliphatic rings. The van der Waals surface area contributed by atoms with Crippen LogP contribution in [0.4, 0.5) is 10.1 Å². The van der Waals surface area contributed by atoms with E-state index in [1.165, 1.54) is 22.6 Å². The Morgan fingerprint density at radius 2 is 1.90 bits per heavy atom. The van der Waals surface area contributed by atoms with Crippen LogP contribution in [-0.4, -0.2) is 0 Å². The third-order valence-corrected chi connectivity index (χ3v) is 4.84. The Bertz CT molecular complexity index is 740. The van der Waals surface area contributed by atoms with Crippen LogP contribution in [0.15, 0.2) is 64.5 Å². The van der Waals surface area contributed by atoms with Gasteiger partial charge in [0, 0.05) is 27.1 Å². The maximum atomic E-state index is 13.1. The Hall–Kier alpha value is -1.65. The molecule has 1 aromatic heterocycles. The Morgan fingerprint density at radius 1 is 1.05 bits per heavy atom. The molecule has 0 amide bonds. The van der Waals surface area contributed by atoms with Gasteiger partial charge < -0.3 is 5.32 Å². The molecule has 4 heteroatoms. The van der Waals surface area contributed by atoms with Gasteiger partial charge in [-0.15, -0.1) is 11.3 Å². The number of rotatable bonds is 4. The summed E-state index contributed by atoms with van der Waals surface area (Å²) in [6.45, 7) is 0.642. The van der Waals surface area contributed by atoms with Gasteiger partial charge in [0.15, 0.2) is 0 Å². The van der Waals surface area contributed by atoms with Crippen molar-refractivity contribution < 1.29 is 4.39 Å². The summed E-state index contributed by atoms with van der Waals surface area (Å²) < 4.78 is 13.9. The monoisotopic (exact) mass is 361 g/mol. The summed E-state index contributed by atoms with van der Waals surface area (Å²) in [7, 11) is 0. The average molecular weight is 362 g/mol. The Morgan fingerprint density at radius 3 is 2.67 bits per heavy atom. The molecule has 0 spiro atoms. The third-order valence-electron chi connectivity index (χ3n) is 3.20. The van der Waals surface area contributed by atoms with Gasteiger partial charge in [0.2, 0.25) is 0 Å². The van der Waals surface area contributed by atoms with Crippen LogP contribution in [0.1, 0.15) is 5.56 Å². The number of para-hydroxylation sites is 1. The summed E-state index contributed by atoms with van der Waals surface area (Å²) in [5.41, 5.74) is 3.29. The lowest BCUT2D eigenvalue weighted by atomic mass is 10.1. The number of thiophene rings is 1. The van der Waals surface area contributed by atoms with Crippen molar-refractivity contribution in [3.8, 4) is 10.4 Å². The topological polar surface area (TPSA) is 12.0 Å². The third kappa shape index (κ3) is 3.34. The fraction of sp³-hybridized carbons (Fsp3) is 0.0588. The lowest BCUT2D eigenvalue weighted by Crippen LogP contribution is -2.01. The van der Waals surface area contributed by atoms with Gasteiger partial charge in [-0.1, -0.05) is 46.3 Å². The zero-order valence-electron chi connectivity index (χ0n) is 11.1. The van der Waals surface area contributed by atoms with E-state index in [9.17, 15) is 4.39 Å². The van der Waals surface area contributed by atoms with Crippen molar-refractivity contribution >= 4 is 33.0 Å². The van der Waals surface area contributed by atoms with Gasteiger partial charge >= 0.3 is 0 Å². The molecular weight excluding hydrogens is 349 g/mol. The van der Waals surface area contributed by atoms with Gasteiger partial charge in [0.05, 0.1) is 0 Å². The highest BCUT2D eigenvalue weighted by atomic mass is 79.9. The van der Waals surface area contributed by atoms with E-state index in [1.54, 1.807) is 17.4 Å². The van der Waals surface area contributed by atoms with Crippen LogP contribution in [0.5, 0.6) is 0 Å². The predicted octanol–water partition coefficient (Wildman–Crippen LogP) is 5.93. The number of anilines is 1. The van der Waals surface area contributed by atoms with E-state index in [0.29, 0.717) is 6.54 Å². The summed E-state index contributed by atoms with van der Waals surface area (Å²) >= 11 is 5.12. The van der Waals surface area contributed by atoms with Crippen LogP contribution in [0.25, 0.3) is 10.4 Å². The van der Waals surface area contributed by atoms with Crippen molar-refractivity contribution in [2.24, 2.45) is 0 Å². The fourth-order valence-corrected chi connectivity index (χ4v) is 3.40. The van der Waals surface area contributed by atoms with Gasteiger partial charge in [-0.2, -0.15) is 0 Å². The van der Waals surface area contributed by atoms with E-state index in [2.05, 4.69) is 44.8 Å². The zero-order chi connectivity index (χ0) is 14.7. The van der Waals surface area contributed by atoms with Crippen molar-refractivity contribution in [2.75, 3.05) is 5.32 Å². The number of hydrogen-bond acceptors (Lipinski definition) is 2. The molecule has 2 aromatic carbocycles. The molecule has 1 nitrogen and oxygen atoms in total. The van der Waals surface area contributed by atoms with Crippen molar-refractivity contribution in [3.63, 3.8) is 0 Å². The first-order chi connectivity index (χ1) is 10.2. The maximum absolute atomic E-state index is 13.1. The molecule has 0 aliphatic heterocycles. The summed E-state index contributed by atoms with van der Waals surface area (Å²) in [5.74, 6) is -0.232. The largest absolute Gasteiger partial charge is 0.380 e. The van der Waals surface area contributed by atoms with Crippen molar-refractivity contribution in [1.29, 1.82) is 0 Å². The van der Waals surface area contributed by atoms with Crippen LogP contribution in [-0.2, 0) is 6.54 Å². The first-order valence-corrected chi connectivity index (χ1v) is 8.22. The minimum Gasteiger partial charge on any atom is -0.380 e. The number of hydrogen-bond donors (Lipinski definition) is 1. The standard InChI is InChI=1S/C17H13BrFNS/c18-15-10-13(19)8-7-12(15)11-20-16-5-2-1-4-14(16)17-6-3-9-21-17/h1-10,20H,11H2. The summed E-state index contributed by atoms with van der Waals surface area (Å²) in [6.07, 6.45) is 0. The van der Waals surface area contributed by atoms with Crippen molar-refractivity contribution in [2.45, 2.75) is 6.54 Å². The van der Waals surface area contributed by atoms with E-state index in [1.807, 2.05) is 18.2 Å². The van der Waals surface area contributed by atoms with Crippen LogP contribution in [0.3, 0.4) is 0 Å². The lowest BCUT2D eigenvalue weighted by Gasteiger charge is -2.12. The van der Waals surface area contributed by atoms with Crippen LogP contribution >= 0.6 is 27.3 Å². The quantitative estimate of drug-likeness (QED) is 0.607. The normalized spacial score (nSPS) is 10.6. The van der Waals surface area contributed by atoms with Crippen LogP contribution in [0, 0.1) is 5.82 Å². The molecule has 21 heavy (non-hydrogen) atoms. The minimum absolute atomic E-state index is 0.232. The smallest absolute Gasteiger partial charge is 0.124 e. The molecule has 3 rings (SSSR count). The summed E-state index contributed by atoms with van der Waals surface area (Å²) in [4.78, 5) is 1.23. The average Bonchev–Trinajstić information content (AvgIpc) is 3.01. The van der Waals surface area contributed by atoms with Gasteiger partial charge in [0.25, 0.3) is 0 Å². The van der Waals surface area contributed by atoms with E-state index in [4.69, 9.17) is 0 Å². The Balaban J connectivity index is 1.83. The van der Waals surface area contributed by atoms with E-state index >= 15 is 0 Å². The molecule has 0 saturated heterocycles. The van der Waals surface area contributed by atoms with Gasteiger partial charge in [-0.05, 0) is 35.2 Å². The second-order valence-electron chi connectivity index (χ2n) is 4.61. The van der Waals surface area contributed by atoms with Crippen LogP contribution < -0.4 is 5.32 Å². The second-order valence-corrected chi connectivity index (χ2v) is 6.41. The molecule has 3 aromatic rings.